The molecule has 0 fully saturated rings. The summed E-state index contributed by atoms with van der Waals surface area (Å²) in [7, 11) is 1.48. The summed E-state index contributed by atoms with van der Waals surface area (Å²) in [6.07, 6.45) is 3.00. The second kappa shape index (κ2) is 6.93. The van der Waals surface area contributed by atoms with Gasteiger partial charge in [0.1, 0.15) is 17.2 Å². The molecule has 0 aliphatic heterocycles. The molecular formula is C15H20FNO3. The molecule has 0 saturated heterocycles. The number of methoxy groups -OCH3 is 1. The second-order valence-electron chi connectivity index (χ2n) is 5.17. The van der Waals surface area contributed by atoms with E-state index < -0.39 is 11.7 Å². The highest BCUT2D eigenvalue weighted by atomic mass is 19.1. The van der Waals surface area contributed by atoms with E-state index >= 15 is 0 Å². The maximum Gasteiger partial charge on any atom is 0.407 e. The first-order valence-electron chi connectivity index (χ1n) is 6.29. The minimum absolute atomic E-state index is 0.315. The third-order valence-corrected chi connectivity index (χ3v) is 2.26. The molecule has 1 amide bonds. The Morgan fingerprint density at radius 1 is 1.40 bits per heavy atom. The highest BCUT2D eigenvalue weighted by molar-refractivity contribution is 5.68. The summed E-state index contributed by atoms with van der Waals surface area (Å²) in [6, 6.07) is 4.27. The van der Waals surface area contributed by atoms with Gasteiger partial charge in [0, 0.05) is 18.2 Å². The summed E-state index contributed by atoms with van der Waals surface area (Å²) >= 11 is 0. The number of hydrogen-bond donors (Lipinski definition) is 1. The Balaban J connectivity index is 2.52. The maximum absolute atomic E-state index is 13.0. The number of carbonyl (C=O) groups excluding carboxylic acids is 1. The van der Waals surface area contributed by atoms with E-state index in [1.165, 1.54) is 19.2 Å². The molecule has 0 aliphatic carbocycles. The zero-order chi connectivity index (χ0) is 15.2. The lowest BCUT2D eigenvalue weighted by Crippen LogP contribution is -2.32. The van der Waals surface area contributed by atoms with Gasteiger partial charge in [-0.3, -0.25) is 0 Å². The number of ether oxygens (including phenoxy) is 2. The Hall–Kier alpha value is -2.04. The smallest absolute Gasteiger partial charge is 0.407 e. The predicted octanol–water partition coefficient (Wildman–Crippen LogP) is 3.37. The number of halogens is 1. The van der Waals surface area contributed by atoms with Gasteiger partial charge >= 0.3 is 6.09 Å². The van der Waals surface area contributed by atoms with Crippen LogP contribution in [0.15, 0.2) is 24.3 Å². The Morgan fingerprint density at radius 2 is 2.10 bits per heavy atom. The van der Waals surface area contributed by atoms with Crippen LogP contribution in [0.4, 0.5) is 9.18 Å². The second-order valence-corrected chi connectivity index (χ2v) is 5.17. The van der Waals surface area contributed by atoms with Crippen molar-refractivity contribution in [2.45, 2.75) is 26.4 Å². The SMILES string of the molecule is COc1cc(F)ccc1C=CCNC(=O)OC(C)(C)C. The van der Waals surface area contributed by atoms with Crippen LogP contribution >= 0.6 is 0 Å². The zero-order valence-electron chi connectivity index (χ0n) is 12.2. The van der Waals surface area contributed by atoms with Crippen LogP contribution in [0.3, 0.4) is 0 Å². The van der Waals surface area contributed by atoms with Gasteiger partial charge in [0.2, 0.25) is 0 Å². The van der Waals surface area contributed by atoms with Crippen molar-refractivity contribution in [3.8, 4) is 5.75 Å². The van der Waals surface area contributed by atoms with Gasteiger partial charge in [-0.25, -0.2) is 9.18 Å². The quantitative estimate of drug-likeness (QED) is 0.920. The van der Waals surface area contributed by atoms with Crippen LogP contribution in [0.25, 0.3) is 6.08 Å². The van der Waals surface area contributed by atoms with E-state index in [0.717, 1.165) is 5.56 Å². The Labute approximate surface area is 118 Å². The van der Waals surface area contributed by atoms with Crippen molar-refractivity contribution < 1.29 is 18.7 Å². The van der Waals surface area contributed by atoms with Gasteiger partial charge in [-0.05, 0) is 32.9 Å². The number of hydrogen-bond acceptors (Lipinski definition) is 3. The van der Waals surface area contributed by atoms with Gasteiger partial charge in [-0.1, -0.05) is 12.2 Å². The number of rotatable bonds is 4. The molecule has 1 rings (SSSR count). The summed E-state index contributed by atoms with van der Waals surface area (Å²) in [6.45, 7) is 5.71. The van der Waals surface area contributed by atoms with Gasteiger partial charge in [0.15, 0.2) is 0 Å². The summed E-state index contributed by atoms with van der Waals surface area (Å²) < 4.78 is 23.2. The molecule has 0 spiro atoms. The van der Waals surface area contributed by atoms with E-state index in [0.29, 0.717) is 12.3 Å². The van der Waals surface area contributed by atoms with Crippen molar-refractivity contribution in [1.29, 1.82) is 0 Å². The average molecular weight is 281 g/mol. The molecular weight excluding hydrogens is 261 g/mol. The molecule has 1 aromatic rings. The summed E-state index contributed by atoms with van der Waals surface area (Å²) in [4.78, 5) is 11.4. The van der Waals surface area contributed by atoms with Gasteiger partial charge in [0.25, 0.3) is 0 Å². The standard InChI is InChI=1S/C15H20FNO3/c1-15(2,3)20-14(18)17-9-5-6-11-7-8-12(16)10-13(11)19-4/h5-8,10H,9H2,1-4H3,(H,17,18). The molecule has 0 radical (unpaired) electrons. The first-order valence-corrected chi connectivity index (χ1v) is 6.29. The normalized spacial score (nSPS) is 11.4. The Kier molecular flexibility index (Phi) is 5.55. The van der Waals surface area contributed by atoms with Crippen molar-refractivity contribution in [2.75, 3.05) is 13.7 Å². The van der Waals surface area contributed by atoms with Crippen LogP contribution < -0.4 is 10.1 Å². The van der Waals surface area contributed by atoms with Crippen LogP contribution in [0.5, 0.6) is 5.75 Å². The van der Waals surface area contributed by atoms with Crippen molar-refractivity contribution in [2.24, 2.45) is 0 Å². The molecule has 1 aromatic carbocycles. The van der Waals surface area contributed by atoms with Crippen LogP contribution in [0, 0.1) is 5.82 Å². The van der Waals surface area contributed by atoms with Crippen molar-refractivity contribution in [3.05, 3.63) is 35.7 Å². The maximum atomic E-state index is 13.0. The molecule has 1 N–H and O–H groups in total. The lowest BCUT2D eigenvalue weighted by atomic mass is 10.2. The molecule has 0 aliphatic rings. The predicted molar refractivity (Wildman–Crippen MR) is 76.2 cm³/mol. The number of alkyl carbamates (subject to hydrolysis) is 1. The van der Waals surface area contributed by atoms with Gasteiger partial charge in [-0.2, -0.15) is 0 Å². The van der Waals surface area contributed by atoms with Crippen molar-refractivity contribution in [1.82, 2.24) is 5.32 Å². The average Bonchev–Trinajstić information content (AvgIpc) is 2.33. The lowest BCUT2D eigenvalue weighted by Gasteiger charge is -2.19. The Bertz CT molecular complexity index is 492. The minimum Gasteiger partial charge on any atom is -0.496 e. The van der Waals surface area contributed by atoms with E-state index in [1.54, 1.807) is 39.0 Å². The van der Waals surface area contributed by atoms with Crippen LogP contribution in [0.2, 0.25) is 0 Å². The highest BCUT2D eigenvalue weighted by Gasteiger charge is 2.14. The number of amides is 1. The fourth-order valence-electron chi connectivity index (χ4n) is 1.46. The van der Waals surface area contributed by atoms with Crippen LogP contribution in [0.1, 0.15) is 26.3 Å². The van der Waals surface area contributed by atoms with Crippen molar-refractivity contribution >= 4 is 12.2 Å². The molecule has 0 heterocycles. The van der Waals surface area contributed by atoms with E-state index in [-0.39, 0.29) is 5.82 Å². The number of benzene rings is 1. The Morgan fingerprint density at radius 3 is 2.70 bits per heavy atom. The summed E-state index contributed by atoms with van der Waals surface area (Å²) in [5.41, 5.74) is 0.216. The first-order chi connectivity index (χ1) is 9.31. The highest BCUT2D eigenvalue weighted by Crippen LogP contribution is 2.20. The topological polar surface area (TPSA) is 47.6 Å². The third kappa shape index (κ3) is 5.73. The molecule has 110 valence electrons. The molecule has 0 atom stereocenters. The third-order valence-electron chi connectivity index (χ3n) is 2.26. The largest absolute Gasteiger partial charge is 0.496 e. The molecule has 0 aromatic heterocycles. The van der Waals surface area contributed by atoms with Crippen LogP contribution in [-0.2, 0) is 4.74 Å². The fraction of sp³-hybridized carbons (Fsp3) is 0.400. The minimum atomic E-state index is -0.520. The van der Waals surface area contributed by atoms with Crippen molar-refractivity contribution in [3.63, 3.8) is 0 Å². The van der Waals surface area contributed by atoms with Crippen LogP contribution in [-0.4, -0.2) is 25.3 Å². The fourth-order valence-corrected chi connectivity index (χ4v) is 1.46. The van der Waals surface area contributed by atoms with Gasteiger partial charge in [-0.15, -0.1) is 0 Å². The summed E-state index contributed by atoms with van der Waals surface area (Å²) in [5, 5.41) is 2.60. The number of nitrogens with one attached hydrogen (secondary N) is 1. The molecule has 0 saturated carbocycles. The molecule has 0 unspecified atom stereocenters. The first kappa shape index (κ1) is 16.0. The van der Waals surface area contributed by atoms with Gasteiger partial charge in [0.05, 0.1) is 7.11 Å². The molecule has 0 bridgehead atoms. The van der Waals surface area contributed by atoms with E-state index in [9.17, 15) is 9.18 Å². The monoisotopic (exact) mass is 281 g/mol. The molecule has 20 heavy (non-hydrogen) atoms. The number of carbonyl (C=O) groups is 1. The molecule has 5 heteroatoms. The van der Waals surface area contributed by atoms with Gasteiger partial charge < -0.3 is 14.8 Å². The van der Waals surface area contributed by atoms with E-state index in [1.807, 2.05) is 0 Å². The lowest BCUT2D eigenvalue weighted by molar-refractivity contribution is 0.0534. The van der Waals surface area contributed by atoms with E-state index in [4.69, 9.17) is 9.47 Å². The summed E-state index contributed by atoms with van der Waals surface area (Å²) in [5.74, 6) is 0.0874. The zero-order valence-corrected chi connectivity index (χ0v) is 12.2. The molecule has 4 nitrogen and oxygen atoms in total. The van der Waals surface area contributed by atoms with E-state index in [2.05, 4.69) is 5.32 Å².